The monoisotopic (exact) mass is 466 g/mol. The molecule has 0 amide bonds. The van der Waals surface area contributed by atoms with Gasteiger partial charge in [-0.1, -0.05) is 18.2 Å². The largest absolute Gasteiger partial charge is 0.378 e. The van der Waals surface area contributed by atoms with E-state index in [2.05, 4.69) is 15.6 Å². The molecule has 1 aromatic heterocycles. The van der Waals surface area contributed by atoms with Crippen molar-refractivity contribution in [1.82, 2.24) is 4.98 Å². The lowest BCUT2D eigenvalue weighted by molar-refractivity contribution is -0.384. The molecule has 0 saturated carbocycles. The molecule has 0 bridgehead atoms. The molecule has 0 atom stereocenters. The molecule has 0 unspecified atom stereocenters. The van der Waals surface area contributed by atoms with Gasteiger partial charge in [-0.25, -0.2) is 13.4 Å². The van der Waals surface area contributed by atoms with Gasteiger partial charge in [0.2, 0.25) is 0 Å². The van der Waals surface area contributed by atoms with Crippen LogP contribution in [0.2, 0.25) is 0 Å². The van der Waals surface area contributed by atoms with Gasteiger partial charge in [0.25, 0.3) is 15.7 Å². The second-order valence-corrected chi connectivity index (χ2v) is 8.67. The molecule has 0 spiro atoms. The summed E-state index contributed by atoms with van der Waals surface area (Å²) in [4.78, 5) is 14.9. The minimum atomic E-state index is -4.00. The number of aromatic nitrogens is 1. The molecule has 0 radical (unpaired) electrons. The van der Waals surface area contributed by atoms with Gasteiger partial charge in [-0.2, -0.15) is 5.26 Å². The fourth-order valence-corrected chi connectivity index (χ4v) is 4.69. The Morgan fingerprint density at radius 3 is 2.48 bits per heavy atom. The highest BCUT2D eigenvalue weighted by atomic mass is 32.2. The molecule has 0 aliphatic rings. The Morgan fingerprint density at radius 2 is 1.82 bits per heavy atom. The van der Waals surface area contributed by atoms with Crippen molar-refractivity contribution in [2.24, 2.45) is 0 Å². The first kappa shape index (κ1) is 23.5. The van der Waals surface area contributed by atoms with Gasteiger partial charge < -0.3 is 10.6 Å². The van der Waals surface area contributed by atoms with Crippen LogP contribution in [0.3, 0.4) is 0 Å². The van der Waals surface area contributed by atoms with Crippen molar-refractivity contribution in [3.05, 3.63) is 82.5 Å². The van der Waals surface area contributed by atoms with Crippen molar-refractivity contribution < 1.29 is 13.3 Å². The topological polar surface area (TPSA) is 141 Å². The second kappa shape index (κ2) is 10.4. The standard InChI is InChI=1S/C22H22N6O4S/c1-2-27(18-8-4-3-5-9-18)33(31,32)19-10-11-20(21(15-19)28(29)30)24-13-14-26-22-17(16-23)7-6-12-25-22/h3-12,15,24H,2,13-14H2,1H3,(H,25,26). The molecule has 3 aromatic rings. The Hall–Kier alpha value is -4.17. The van der Waals surface area contributed by atoms with E-state index >= 15 is 0 Å². The zero-order valence-corrected chi connectivity index (χ0v) is 18.6. The summed E-state index contributed by atoms with van der Waals surface area (Å²) in [5.41, 5.74) is 0.694. The molecule has 0 aliphatic carbocycles. The first-order chi connectivity index (χ1) is 15.9. The summed E-state index contributed by atoms with van der Waals surface area (Å²) in [7, 11) is -4.00. The van der Waals surface area contributed by atoms with Crippen LogP contribution in [-0.2, 0) is 10.0 Å². The third-order valence-corrected chi connectivity index (χ3v) is 6.65. The minimum Gasteiger partial charge on any atom is -0.378 e. The maximum absolute atomic E-state index is 13.2. The van der Waals surface area contributed by atoms with Gasteiger partial charge in [0.15, 0.2) is 0 Å². The zero-order valence-electron chi connectivity index (χ0n) is 17.8. The number of nitrogens with one attached hydrogen (secondary N) is 2. The highest BCUT2D eigenvalue weighted by Crippen LogP contribution is 2.30. The fraction of sp³-hybridized carbons (Fsp3) is 0.182. The smallest absolute Gasteiger partial charge is 0.293 e. The number of rotatable bonds is 10. The molecular formula is C22H22N6O4S. The SMILES string of the molecule is CCN(c1ccccc1)S(=O)(=O)c1ccc(NCCNc2ncccc2C#N)c([N+](=O)[O-])c1. The summed E-state index contributed by atoms with van der Waals surface area (Å²) in [6.07, 6.45) is 1.55. The Balaban J connectivity index is 1.78. The molecule has 0 fully saturated rings. The van der Waals surface area contributed by atoms with E-state index in [4.69, 9.17) is 5.26 Å². The lowest BCUT2D eigenvalue weighted by atomic mass is 10.2. The van der Waals surface area contributed by atoms with E-state index in [1.54, 1.807) is 55.6 Å². The normalized spacial score (nSPS) is 10.8. The van der Waals surface area contributed by atoms with Crippen LogP contribution in [0.5, 0.6) is 0 Å². The number of sulfonamides is 1. The number of nitrogens with zero attached hydrogens (tertiary/aromatic N) is 4. The van der Waals surface area contributed by atoms with Crippen LogP contribution in [0, 0.1) is 21.4 Å². The van der Waals surface area contributed by atoms with E-state index in [1.807, 2.05) is 6.07 Å². The van der Waals surface area contributed by atoms with Crippen LogP contribution in [0.25, 0.3) is 0 Å². The minimum absolute atomic E-state index is 0.171. The quantitative estimate of drug-likeness (QED) is 0.262. The lowest BCUT2D eigenvalue weighted by Crippen LogP contribution is -2.30. The highest BCUT2D eigenvalue weighted by Gasteiger charge is 2.27. The number of nitriles is 1. The Morgan fingerprint density at radius 1 is 1.09 bits per heavy atom. The van der Waals surface area contributed by atoms with Gasteiger partial charge in [-0.15, -0.1) is 0 Å². The van der Waals surface area contributed by atoms with Crippen LogP contribution in [0.4, 0.5) is 22.9 Å². The number of hydrogen-bond acceptors (Lipinski definition) is 8. The summed E-state index contributed by atoms with van der Waals surface area (Å²) in [5.74, 6) is 0.415. The van der Waals surface area contributed by atoms with Crippen LogP contribution in [-0.4, -0.2) is 38.0 Å². The molecule has 0 saturated heterocycles. The second-order valence-electron chi connectivity index (χ2n) is 6.81. The Labute approximate surface area is 191 Å². The predicted octanol–water partition coefficient (Wildman–Crippen LogP) is 3.60. The van der Waals surface area contributed by atoms with E-state index in [0.717, 1.165) is 6.07 Å². The summed E-state index contributed by atoms with van der Waals surface area (Å²) in [5, 5.41) is 26.7. The van der Waals surface area contributed by atoms with E-state index in [9.17, 15) is 18.5 Å². The van der Waals surface area contributed by atoms with E-state index < -0.39 is 14.9 Å². The van der Waals surface area contributed by atoms with Gasteiger partial charge in [0.1, 0.15) is 17.6 Å². The molecule has 3 rings (SSSR count). The summed E-state index contributed by atoms with van der Waals surface area (Å²) in [6, 6.07) is 17.6. The summed E-state index contributed by atoms with van der Waals surface area (Å²) in [6.45, 7) is 2.48. The van der Waals surface area contributed by atoms with E-state index in [0.29, 0.717) is 23.6 Å². The molecule has 33 heavy (non-hydrogen) atoms. The number of pyridine rings is 1. The number of para-hydroxylation sites is 1. The number of anilines is 3. The Kier molecular flexibility index (Phi) is 7.42. The molecule has 170 valence electrons. The summed E-state index contributed by atoms with van der Waals surface area (Å²) >= 11 is 0. The van der Waals surface area contributed by atoms with Gasteiger partial charge in [-0.3, -0.25) is 14.4 Å². The van der Waals surface area contributed by atoms with Crippen LogP contribution >= 0.6 is 0 Å². The molecule has 10 nitrogen and oxygen atoms in total. The highest BCUT2D eigenvalue weighted by molar-refractivity contribution is 7.92. The van der Waals surface area contributed by atoms with Gasteiger partial charge in [0.05, 0.1) is 21.1 Å². The molecular weight excluding hydrogens is 444 g/mol. The van der Waals surface area contributed by atoms with Gasteiger partial charge in [-0.05, 0) is 43.3 Å². The first-order valence-electron chi connectivity index (χ1n) is 10.1. The zero-order chi connectivity index (χ0) is 23.8. The van der Waals surface area contributed by atoms with Crippen molar-refractivity contribution in [2.45, 2.75) is 11.8 Å². The lowest BCUT2D eigenvalue weighted by Gasteiger charge is -2.23. The van der Waals surface area contributed by atoms with Crippen molar-refractivity contribution in [2.75, 3.05) is 34.6 Å². The maximum Gasteiger partial charge on any atom is 0.293 e. The average Bonchev–Trinajstić information content (AvgIpc) is 2.83. The maximum atomic E-state index is 13.2. The number of nitro groups is 1. The molecule has 1 heterocycles. The number of benzene rings is 2. The van der Waals surface area contributed by atoms with Gasteiger partial charge >= 0.3 is 0 Å². The third kappa shape index (κ3) is 5.36. The van der Waals surface area contributed by atoms with Crippen molar-refractivity contribution in [3.8, 4) is 6.07 Å². The van der Waals surface area contributed by atoms with E-state index in [1.165, 1.54) is 16.4 Å². The predicted molar refractivity (Wildman–Crippen MR) is 126 cm³/mol. The van der Waals surface area contributed by atoms with Crippen LogP contribution < -0.4 is 14.9 Å². The molecule has 0 aliphatic heterocycles. The van der Waals surface area contributed by atoms with Crippen molar-refractivity contribution in [1.29, 1.82) is 5.26 Å². The van der Waals surface area contributed by atoms with Crippen molar-refractivity contribution in [3.63, 3.8) is 0 Å². The number of hydrogen-bond donors (Lipinski definition) is 2. The molecule has 2 aromatic carbocycles. The molecule has 2 N–H and O–H groups in total. The third-order valence-electron chi connectivity index (χ3n) is 4.75. The number of nitro benzene ring substituents is 1. The fourth-order valence-electron chi connectivity index (χ4n) is 3.20. The Bertz CT molecular complexity index is 1280. The van der Waals surface area contributed by atoms with E-state index in [-0.39, 0.29) is 29.4 Å². The summed E-state index contributed by atoms with van der Waals surface area (Å²) < 4.78 is 27.5. The van der Waals surface area contributed by atoms with Crippen LogP contribution in [0.1, 0.15) is 12.5 Å². The van der Waals surface area contributed by atoms with Gasteiger partial charge in [0, 0.05) is 31.9 Å². The van der Waals surface area contributed by atoms with Crippen LogP contribution in [0.15, 0.2) is 71.8 Å². The molecule has 11 heteroatoms. The first-order valence-corrected chi connectivity index (χ1v) is 11.5. The van der Waals surface area contributed by atoms with Crippen molar-refractivity contribution >= 4 is 32.9 Å². The average molecular weight is 467 g/mol.